The first kappa shape index (κ1) is 13.6. The van der Waals surface area contributed by atoms with Gasteiger partial charge in [0.2, 0.25) is 5.91 Å². The summed E-state index contributed by atoms with van der Waals surface area (Å²) >= 11 is 0. The number of primary amides is 1. The number of hydrogen-bond acceptors (Lipinski definition) is 3. The number of hydrogen-bond donors (Lipinski definition) is 1. The minimum atomic E-state index is -1.26. The molecule has 2 N–H and O–H groups in total. The lowest BCUT2D eigenvalue weighted by atomic mass is 10.1. The summed E-state index contributed by atoms with van der Waals surface area (Å²) in [6, 6.07) is 1.99. The fraction of sp³-hybridized carbons (Fsp3) is 0.0909. The van der Waals surface area contributed by atoms with E-state index in [4.69, 9.17) is 11.0 Å². The first-order valence-corrected chi connectivity index (χ1v) is 4.76. The third kappa shape index (κ3) is 3.01. The van der Waals surface area contributed by atoms with Crippen LogP contribution in [-0.4, -0.2) is 16.8 Å². The molecule has 0 aliphatic heterocycles. The van der Waals surface area contributed by atoms with Crippen LogP contribution < -0.4 is 5.73 Å². The molecule has 93 valence electrons. The number of nitrogens with two attached hydrogens (primary N) is 1. The van der Waals surface area contributed by atoms with Crippen LogP contribution in [-0.2, 0) is 11.2 Å². The van der Waals surface area contributed by atoms with E-state index in [1.807, 2.05) is 0 Å². The fourth-order valence-electron chi connectivity index (χ4n) is 1.22. The van der Waals surface area contributed by atoms with E-state index in [1.165, 1.54) is 12.3 Å². The molecule has 1 rings (SSSR count). The van der Waals surface area contributed by atoms with Gasteiger partial charge in [0, 0.05) is 5.56 Å². The molecule has 0 unspecified atom stereocenters. The highest BCUT2D eigenvalue weighted by Gasteiger charge is 2.20. The number of imide groups is 1. The summed E-state index contributed by atoms with van der Waals surface area (Å²) in [7, 11) is 0. The number of nitrogens with zero attached hydrogens (tertiary/aromatic N) is 2. The molecular weight excluding hydrogens is 244 g/mol. The van der Waals surface area contributed by atoms with Crippen LogP contribution in [0.4, 0.5) is 13.6 Å². The predicted molar refractivity (Wildman–Crippen MR) is 56.4 cm³/mol. The van der Waals surface area contributed by atoms with Gasteiger partial charge in [0.1, 0.15) is 11.6 Å². The van der Waals surface area contributed by atoms with Crippen LogP contribution in [0, 0.1) is 29.5 Å². The molecule has 0 saturated heterocycles. The van der Waals surface area contributed by atoms with Gasteiger partial charge in [-0.25, -0.2) is 13.6 Å². The average Bonchev–Trinajstić information content (AvgIpc) is 2.28. The minimum absolute atomic E-state index is 0.0821. The van der Waals surface area contributed by atoms with Crippen LogP contribution in [0.5, 0.6) is 0 Å². The predicted octanol–water partition coefficient (Wildman–Crippen LogP) is 1.10. The Labute approximate surface area is 101 Å². The van der Waals surface area contributed by atoms with Gasteiger partial charge in [0.15, 0.2) is 6.19 Å². The van der Waals surface area contributed by atoms with E-state index in [2.05, 4.69) is 0 Å². The highest BCUT2D eigenvalue weighted by Crippen LogP contribution is 2.14. The van der Waals surface area contributed by atoms with E-state index in [0.29, 0.717) is 0 Å². The zero-order valence-electron chi connectivity index (χ0n) is 9.06. The normalized spacial score (nSPS) is 9.61. The molecule has 0 atom stereocenters. The Bertz CT molecular complexity index is 505. The van der Waals surface area contributed by atoms with E-state index >= 15 is 0 Å². The number of benzene rings is 1. The van der Waals surface area contributed by atoms with Crippen molar-refractivity contribution in [1.29, 1.82) is 5.26 Å². The summed E-state index contributed by atoms with van der Waals surface area (Å²) in [4.78, 5) is 22.0. The molecule has 1 aromatic carbocycles. The molecule has 0 aliphatic rings. The third-order valence-corrected chi connectivity index (χ3v) is 2.08. The van der Waals surface area contributed by atoms with Crippen molar-refractivity contribution >= 4 is 11.9 Å². The Morgan fingerprint density at radius 2 is 1.94 bits per heavy atom. The standard InChI is InChI=1S/C11H8F2N3O2/c12-8-2-1-3-9(13)7(8)4-5-10(17)16(6-14)11(15)18/h1-3,5H,4H2,(H2,15,18). The first-order chi connectivity index (χ1) is 8.47. The molecule has 1 radical (unpaired) electrons. The highest BCUT2D eigenvalue weighted by atomic mass is 19.1. The maximum Gasteiger partial charge on any atom is 0.335 e. The summed E-state index contributed by atoms with van der Waals surface area (Å²) in [5.74, 6) is -2.67. The van der Waals surface area contributed by atoms with Crippen molar-refractivity contribution in [3.63, 3.8) is 0 Å². The van der Waals surface area contributed by atoms with Gasteiger partial charge in [0.05, 0.1) is 6.42 Å². The summed E-state index contributed by atoms with van der Waals surface area (Å²) in [5.41, 5.74) is 4.43. The second-order valence-electron chi connectivity index (χ2n) is 3.22. The number of halogens is 2. The van der Waals surface area contributed by atoms with Gasteiger partial charge < -0.3 is 5.73 Å². The molecule has 0 fully saturated rings. The molecule has 0 saturated carbocycles. The largest absolute Gasteiger partial charge is 0.350 e. The zero-order chi connectivity index (χ0) is 13.7. The van der Waals surface area contributed by atoms with Gasteiger partial charge in [-0.2, -0.15) is 10.2 Å². The van der Waals surface area contributed by atoms with Gasteiger partial charge in [-0.1, -0.05) is 6.07 Å². The quantitative estimate of drug-likeness (QED) is 0.645. The van der Waals surface area contributed by atoms with Crippen LogP contribution in [0.3, 0.4) is 0 Å². The molecule has 0 aromatic heterocycles. The topological polar surface area (TPSA) is 87.2 Å². The van der Waals surface area contributed by atoms with Crippen molar-refractivity contribution in [2.45, 2.75) is 6.42 Å². The molecule has 3 amide bonds. The van der Waals surface area contributed by atoms with Crippen molar-refractivity contribution in [1.82, 2.24) is 4.90 Å². The van der Waals surface area contributed by atoms with E-state index in [-0.39, 0.29) is 16.9 Å². The second kappa shape index (κ2) is 5.72. The van der Waals surface area contributed by atoms with Crippen LogP contribution in [0.1, 0.15) is 5.56 Å². The number of amides is 3. The number of nitriles is 1. The molecule has 18 heavy (non-hydrogen) atoms. The molecule has 0 bridgehead atoms. The average molecular weight is 252 g/mol. The number of carbonyl (C=O) groups is 2. The summed E-state index contributed by atoms with van der Waals surface area (Å²) in [6.07, 6.45) is 1.67. The Morgan fingerprint density at radius 3 is 2.39 bits per heavy atom. The second-order valence-corrected chi connectivity index (χ2v) is 3.22. The van der Waals surface area contributed by atoms with E-state index in [1.54, 1.807) is 0 Å². The van der Waals surface area contributed by atoms with E-state index in [0.717, 1.165) is 18.6 Å². The van der Waals surface area contributed by atoms with Crippen molar-refractivity contribution < 1.29 is 18.4 Å². The molecule has 5 nitrogen and oxygen atoms in total. The molecule has 0 heterocycles. The highest BCUT2D eigenvalue weighted by molar-refractivity contribution is 5.99. The Hall–Kier alpha value is -2.49. The Kier molecular flexibility index (Phi) is 4.32. The van der Waals surface area contributed by atoms with Crippen LogP contribution in [0.2, 0.25) is 0 Å². The number of carbonyl (C=O) groups excluding carboxylic acids is 2. The molecule has 0 spiro atoms. The van der Waals surface area contributed by atoms with Crippen molar-refractivity contribution in [3.8, 4) is 6.19 Å². The Balaban J connectivity index is 2.75. The van der Waals surface area contributed by atoms with Crippen molar-refractivity contribution in [2.24, 2.45) is 5.73 Å². The van der Waals surface area contributed by atoms with E-state index in [9.17, 15) is 18.4 Å². The Morgan fingerprint density at radius 1 is 1.39 bits per heavy atom. The van der Waals surface area contributed by atoms with Gasteiger partial charge in [0.25, 0.3) is 0 Å². The number of urea groups is 1. The summed E-state index contributed by atoms with van der Waals surface area (Å²) < 4.78 is 26.4. The lowest BCUT2D eigenvalue weighted by molar-refractivity contribution is -0.122. The molecule has 7 heteroatoms. The third-order valence-electron chi connectivity index (χ3n) is 2.08. The van der Waals surface area contributed by atoms with Gasteiger partial charge >= 0.3 is 6.03 Å². The van der Waals surface area contributed by atoms with Crippen LogP contribution >= 0.6 is 0 Å². The summed E-state index contributed by atoms with van der Waals surface area (Å²) in [5, 5.41) is 8.46. The molecule has 1 aromatic rings. The van der Waals surface area contributed by atoms with Crippen molar-refractivity contribution in [3.05, 3.63) is 41.8 Å². The lowest BCUT2D eigenvalue weighted by Gasteiger charge is -2.08. The zero-order valence-corrected chi connectivity index (χ0v) is 9.06. The molecular formula is C11H8F2N3O2. The fourth-order valence-corrected chi connectivity index (χ4v) is 1.22. The maximum absolute atomic E-state index is 13.2. The minimum Gasteiger partial charge on any atom is -0.350 e. The van der Waals surface area contributed by atoms with Crippen LogP contribution in [0.15, 0.2) is 18.2 Å². The van der Waals surface area contributed by atoms with Gasteiger partial charge in [-0.15, -0.1) is 0 Å². The lowest BCUT2D eigenvalue weighted by Crippen LogP contribution is -2.37. The maximum atomic E-state index is 13.2. The number of rotatable bonds is 3. The van der Waals surface area contributed by atoms with Gasteiger partial charge in [-0.3, -0.25) is 4.79 Å². The molecule has 0 aliphatic carbocycles. The monoisotopic (exact) mass is 252 g/mol. The van der Waals surface area contributed by atoms with E-state index < -0.39 is 23.6 Å². The van der Waals surface area contributed by atoms with Crippen molar-refractivity contribution in [2.75, 3.05) is 0 Å². The summed E-state index contributed by atoms with van der Waals surface area (Å²) in [6.45, 7) is 0. The SMILES string of the molecule is N#CN(C(N)=O)C(=O)[CH]Cc1c(F)cccc1F. The van der Waals surface area contributed by atoms with Crippen LogP contribution in [0.25, 0.3) is 0 Å². The van der Waals surface area contributed by atoms with Gasteiger partial charge in [-0.05, 0) is 18.6 Å². The smallest absolute Gasteiger partial charge is 0.335 e. The first-order valence-electron chi connectivity index (χ1n) is 4.76.